The van der Waals surface area contributed by atoms with Crippen LogP contribution in [-0.4, -0.2) is 26.3 Å². The Morgan fingerprint density at radius 2 is 2.16 bits per heavy atom. The summed E-state index contributed by atoms with van der Waals surface area (Å²) in [7, 11) is 0. The van der Waals surface area contributed by atoms with Gasteiger partial charge in [-0.2, -0.15) is 5.10 Å². The Balaban J connectivity index is 1.74. The number of anilines is 1. The smallest absolute Gasteiger partial charge is 0.132 e. The van der Waals surface area contributed by atoms with Crippen LogP contribution in [0.2, 0.25) is 0 Å². The normalized spacial score (nSPS) is 16.4. The SMILES string of the molecule is Cc1ncnc(NCC2(n3cc(Br)cn3)CC2)c1C. The second-order valence-corrected chi connectivity index (χ2v) is 6.03. The highest BCUT2D eigenvalue weighted by Gasteiger charge is 2.45. The summed E-state index contributed by atoms with van der Waals surface area (Å²) >= 11 is 3.45. The molecule has 0 spiro atoms. The topological polar surface area (TPSA) is 55.6 Å². The van der Waals surface area contributed by atoms with Crippen molar-refractivity contribution in [1.82, 2.24) is 19.7 Å². The summed E-state index contributed by atoms with van der Waals surface area (Å²) in [6.45, 7) is 4.89. The Hall–Kier alpha value is -1.43. The van der Waals surface area contributed by atoms with Crippen LogP contribution in [0.25, 0.3) is 0 Å². The molecule has 1 aliphatic carbocycles. The van der Waals surface area contributed by atoms with Crippen molar-refractivity contribution in [3.63, 3.8) is 0 Å². The maximum Gasteiger partial charge on any atom is 0.132 e. The average molecular weight is 322 g/mol. The monoisotopic (exact) mass is 321 g/mol. The molecule has 2 heterocycles. The van der Waals surface area contributed by atoms with Gasteiger partial charge in [0.25, 0.3) is 0 Å². The van der Waals surface area contributed by atoms with Crippen molar-refractivity contribution in [2.45, 2.75) is 32.2 Å². The molecular weight excluding hydrogens is 306 g/mol. The Morgan fingerprint density at radius 1 is 1.37 bits per heavy atom. The molecule has 0 unspecified atom stereocenters. The second kappa shape index (κ2) is 4.59. The van der Waals surface area contributed by atoms with Crippen LogP contribution in [-0.2, 0) is 5.54 Å². The molecule has 3 rings (SSSR count). The van der Waals surface area contributed by atoms with Crippen molar-refractivity contribution in [3.05, 3.63) is 34.5 Å². The standard InChI is InChI=1S/C13H16BrN5/c1-9-10(2)16-8-17-12(9)15-7-13(3-4-13)19-6-11(14)5-18-19/h5-6,8H,3-4,7H2,1-2H3,(H,15,16,17). The largest absolute Gasteiger partial charge is 0.367 e. The summed E-state index contributed by atoms with van der Waals surface area (Å²) in [6.07, 6.45) is 7.77. The molecule has 6 heteroatoms. The predicted molar refractivity (Wildman–Crippen MR) is 77.1 cm³/mol. The first-order valence-electron chi connectivity index (χ1n) is 6.33. The van der Waals surface area contributed by atoms with Gasteiger partial charge < -0.3 is 5.32 Å². The summed E-state index contributed by atoms with van der Waals surface area (Å²) < 4.78 is 3.07. The molecule has 1 saturated carbocycles. The molecule has 0 aliphatic heterocycles. The lowest BCUT2D eigenvalue weighted by Gasteiger charge is -2.18. The number of hydrogen-bond donors (Lipinski definition) is 1. The van der Waals surface area contributed by atoms with E-state index in [9.17, 15) is 0 Å². The summed E-state index contributed by atoms with van der Waals surface area (Å²) in [4.78, 5) is 8.49. The lowest BCUT2D eigenvalue weighted by atomic mass is 10.2. The Bertz CT molecular complexity index is 603. The van der Waals surface area contributed by atoms with E-state index in [0.29, 0.717) is 0 Å². The van der Waals surface area contributed by atoms with Crippen LogP contribution in [0.1, 0.15) is 24.1 Å². The molecule has 0 amide bonds. The Kier molecular flexibility index (Phi) is 3.05. The number of halogens is 1. The summed E-state index contributed by atoms with van der Waals surface area (Å²) in [5, 5.41) is 7.84. The van der Waals surface area contributed by atoms with Crippen molar-refractivity contribution >= 4 is 21.7 Å². The van der Waals surface area contributed by atoms with Crippen LogP contribution in [0.5, 0.6) is 0 Å². The minimum absolute atomic E-state index is 0.108. The molecule has 0 radical (unpaired) electrons. The molecule has 5 nitrogen and oxygen atoms in total. The zero-order chi connectivity index (χ0) is 13.5. The maximum atomic E-state index is 4.40. The highest BCUT2D eigenvalue weighted by atomic mass is 79.9. The van der Waals surface area contributed by atoms with Crippen LogP contribution in [0.15, 0.2) is 23.2 Å². The fourth-order valence-electron chi connectivity index (χ4n) is 2.16. The zero-order valence-corrected chi connectivity index (χ0v) is 12.6. The summed E-state index contributed by atoms with van der Waals surface area (Å²) in [5.74, 6) is 0.921. The Labute approximate surface area is 120 Å². The first-order chi connectivity index (χ1) is 9.11. The highest BCUT2D eigenvalue weighted by molar-refractivity contribution is 9.10. The molecule has 1 aliphatic rings. The van der Waals surface area contributed by atoms with E-state index >= 15 is 0 Å². The molecule has 2 aromatic rings. The van der Waals surface area contributed by atoms with Gasteiger partial charge in [0.1, 0.15) is 12.1 Å². The van der Waals surface area contributed by atoms with E-state index in [2.05, 4.69) is 36.3 Å². The summed E-state index contributed by atoms with van der Waals surface area (Å²) in [5.41, 5.74) is 2.24. The van der Waals surface area contributed by atoms with Crippen molar-refractivity contribution in [2.24, 2.45) is 0 Å². The fourth-order valence-corrected chi connectivity index (χ4v) is 2.44. The van der Waals surface area contributed by atoms with Gasteiger partial charge in [0.05, 0.1) is 16.2 Å². The van der Waals surface area contributed by atoms with E-state index < -0.39 is 0 Å². The number of aromatic nitrogens is 4. The van der Waals surface area contributed by atoms with Crippen LogP contribution in [0.3, 0.4) is 0 Å². The van der Waals surface area contributed by atoms with E-state index in [4.69, 9.17) is 0 Å². The molecule has 19 heavy (non-hydrogen) atoms. The van der Waals surface area contributed by atoms with Crippen LogP contribution in [0.4, 0.5) is 5.82 Å². The molecule has 0 atom stereocenters. The van der Waals surface area contributed by atoms with Crippen molar-refractivity contribution in [2.75, 3.05) is 11.9 Å². The van der Waals surface area contributed by atoms with Crippen molar-refractivity contribution < 1.29 is 0 Å². The van der Waals surface area contributed by atoms with Gasteiger partial charge in [0, 0.05) is 24.0 Å². The molecule has 0 aromatic carbocycles. The van der Waals surface area contributed by atoms with E-state index in [1.807, 2.05) is 30.9 Å². The highest BCUT2D eigenvalue weighted by Crippen LogP contribution is 2.43. The van der Waals surface area contributed by atoms with Gasteiger partial charge in [0.2, 0.25) is 0 Å². The summed E-state index contributed by atoms with van der Waals surface area (Å²) in [6, 6.07) is 0. The van der Waals surface area contributed by atoms with Gasteiger partial charge in [0.15, 0.2) is 0 Å². The zero-order valence-electron chi connectivity index (χ0n) is 11.0. The molecular formula is C13H16BrN5. The first-order valence-corrected chi connectivity index (χ1v) is 7.13. The van der Waals surface area contributed by atoms with Crippen molar-refractivity contribution in [3.8, 4) is 0 Å². The number of nitrogens with zero attached hydrogens (tertiary/aromatic N) is 4. The molecule has 100 valence electrons. The van der Waals surface area contributed by atoms with E-state index in [1.54, 1.807) is 6.33 Å². The van der Waals surface area contributed by atoms with E-state index in [1.165, 1.54) is 0 Å². The van der Waals surface area contributed by atoms with Gasteiger partial charge in [-0.15, -0.1) is 0 Å². The molecule has 1 fully saturated rings. The van der Waals surface area contributed by atoms with Crippen LogP contribution in [0, 0.1) is 13.8 Å². The minimum Gasteiger partial charge on any atom is -0.367 e. The lowest BCUT2D eigenvalue weighted by molar-refractivity contribution is 0.452. The molecule has 0 saturated heterocycles. The van der Waals surface area contributed by atoms with Crippen molar-refractivity contribution in [1.29, 1.82) is 0 Å². The number of rotatable bonds is 4. The Morgan fingerprint density at radius 3 is 2.79 bits per heavy atom. The van der Waals surface area contributed by atoms with Gasteiger partial charge in [-0.1, -0.05) is 0 Å². The van der Waals surface area contributed by atoms with E-state index in [-0.39, 0.29) is 5.54 Å². The minimum atomic E-state index is 0.108. The second-order valence-electron chi connectivity index (χ2n) is 5.11. The quantitative estimate of drug-likeness (QED) is 0.940. The predicted octanol–water partition coefficient (Wildman–Crippen LogP) is 2.65. The van der Waals surface area contributed by atoms with Gasteiger partial charge in [-0.25, -0.2) is 9.97 Å². The lowest BCUT2D eigenvalue weighted by Crippen LogP contribution is -2.27. The average Bonchev–Trinajstić information content (AvgIpc) is 3.06. The third kappa shape index (κ3) is 2.36. The maximum absolute atomic E-state index is 4.40. The van der Waals surface area contributed by atoms with Crippen LogP contribution < -0.4 is 5.32 Å². The third-order valence-corrected chi connectivity index (χ3v) is 4.19. The molecule has 2 aromatic heterocycles. The van der Waals surface area contributed by atoms with Crippen LogP contribution >= 0.6 is 15.9 Å². The molecule has 1 N–H and O–H groups in total. The fraction of sp³-hybridized carbons (Fsp3) is 0.462. The number of hydrogen-bond acceptors (Lipinski definition) is 4. The number of nitrogens with one attached hydrogen (secondary N) is 1. The molecule has 0 bridgehead atoms. The van der Waals surface area contributed by atoms with Gasteiger partial charge in [-0.05, 0) is 42.6 Å². The number of aryl methyl sites for hydroxylation is 1. The third-order valence-electron chi connectivity index (χ3n) is 3.79. The van der Waals surface area contributed by atoms with Gasteiger partial charge in [-0.3, -0.25) is 4.68 Å². The van der Waals surface area contributed by atoms with Gasteiger partial charge >= 0.3 is 0 Å². The first kappa shape index (κ1) is 12.6. The van der Waals surface area contributed by atoms with E-state index in [0.717, 1.165) is 40.9 Å².